The van der Waals surface area contributed by atoms with Gasteiger partial charge >= 0.3 is 11.4 Å². The lowest BCUT2D eigenvalue weighted by Crippen LogP contribution is -2.09. The van der Waals surface area contributed by atoms with Crippen molar-refractivity contribution in [3.05, 3.63) is 140 Å². The normalized spacial score (nSPS) is 10.8. The first-order valence-electron chi connectivity index (χ1n) is 16.0. The van der Waals surface area contributed by atoms with Crippen LogP contribution in [0.1, 0.15) is 11.4 Å². The molecule has 0 aliphatic carbocycles. The second-order valence-electron chi connectivity index (χ2n) is 11.3. The molecule has 8 N–H and O–H groups in total. The van der Waals surface area contributed by atoms with E-state index in [9.17, 15) is 9.59 Å². The third kappa shape index (κ3) is 8.82. The molecular weight excluding hydrogens is 728 g/mol. The Hall–Kier alpha value is -6.88. The Morgan fingerprint density at radius 3 is 1.85 bits per heavy atom. The van der Waals surface area contributed by atoms with Crippen molar-refractivity contribution in [3.8, 4) is 0 Å². The summed E-state index contributed by atoms with van der Waals surface area (Å²) in [7, 11) is 0. The fourth-order valence-corrected chi connectivity index (χ4v) is 5.42. The highest BCUT2D eigenvalue weighted by Crippen LogP contribution is 2.23. The van der Waals surface area contributed by atoms with Crippen molar-refractivity contribution in [1.82, 2.24) is 49.8 Å². The van der Waals surface area contributed by atoms with Crippen molar-refractivity contribution in [3.63, 3.8) is 0 Å². The Labute approximate surface area is 303 Å². The van der Waals surface area contributed by atoms with E-state index in [1.165, 1.54) is 0 Å². The minimum Gasteiger partial charge on any atom is -0.369 e. The average molecular weight is 760 g/mol. The second-order valence-corrected chi connectivity index (χ2v) is 12.1. The van der Waals surface area contributed by atoms with Crippen molar-refractivity contribution >= 4 is 72.9 Å². The molecule has 0 amide bonds. The van der Waals surface area contributed by atoms with E-state index in [2.05, 4.69) is 87.0 Å². The molecule has 0 unspecified atom stereocenters. The summed E-state index contributed by atoms with van der Waals surface area (Å²) in [6.07, 6.45) is 7.69. The number of hydrogen-bond acceptors (Lipinski definition) is 12. The lowest BCUT2D eigenvalue weighted by atomic mass is 10.3. The van der Waals surface area contributed by atoms with Gasteiger partial charge in [-0.15, -0.1) is 0 Å². The highest BCUT2D eigenvalue weighted by atomic mass is 79.9. The lowest BCUT2D eigenvalue weighted by molar-refractivity contribution is 0.949. The molecule has 0 fully saturated rings. The summed E-state index contributed by atoms with van der Waals surface area (Å²) in [5, 5.41) is 12.8. The number of hydrogen-bond donors (Lipinski definition) is 8. The Kier molecular flexibility index (Phi) is 10.2. The smallest absolute Gasteiger partial charge is 0.323 e. The fourth-order valence-electron chi connectivity index (χ4n) is 5.09. The number of aromatic amines is 4. The molecular formula is C35H31BrN14O2. The third-order valence-electron chi connectivity index (χ3n) is 7.52. The SMILES string of the molecule is O=c1[nH]c2ccc(Nc3ncc(Br)c(NCCc4ccccn4)n3)cc2[nH]1.O=c1[nH]c2ccc(Nc3nccc(NCc4ccccn4)n3)cc2[nH]1. The molecule has 8 aromatic rings. The second kappa shape index (κ2) is 15.8. The Morgan fingerprint density at radius 2 is 1.21 bits per heavy atom. The van der Waals surface area contributed by atoms with Crippen LogP contribution in [-0.4, -0.2) is 56.4 Å². The topological polar surface area (TPSA) is 223 Å². The van der Waals surface area contributed by atoms with Crippen LogP contribution in [0.3, 0.4) is 0 Å². The molecule has 260 valence electrons. The Balaban J connectivity index is 0.000000162. The first-order chi connectivity index (χ1) is 25.4. The van der Waals surface area contributed by atoms with Crippen LogP contribution < -0.4 is 32.6 Å². The minimum absolute atomic E-state index is 0.232. The summed E-state index contributed by atoms with van der Waals surface area (Å²) >= 11 is 3.46. The van der Waals surface area contributed by atoms with Gasteiger partial charge in [-0.2, -0.15) is 9.97 Å². The molecule has 0 radical (unpaired) electrons. The molecule has 6 heterocycles. The largest absolute Gasteiger partial charge is 0.369 e. The van der Waals surface area contributed by atoms with Gasteiger partial charge < -0.3 is 41.2 Å². The van der Waals surface area contributed by atoms with Crippen LogP contribution in [0.2, 0.25) is 0 Å². The van der Waals surface area contributed by atoms with Gasteiger partial charge in [-0.3, -0.25) is 9.97 Å². The van der Waals surface area contributed by atoms with Crippen molar-refractivity contribution in [2.45, 2.75) is 13.0 Å². The summed E-state index contributed by atoms with van der Waals surface area (Å²) in [4.78, 5) is 59.6. The van der Waals surface area contributed by atoms with Crippen molar-refractivity contribution in [2.24, 2.45) is 0 Å². The number of pyridine rings is 2. The Morgan fingerprint density at radius 1 is 0.596 bits per heavy atom. The fraction of sp³-hybridized carbons (Fsp3) is 0.0857. The molecule has 0 spiro atoms. The van der Waals surface area contributed by atoms with Gasteiger partial charge in [0, 0.05) is 54.8 Å². The number of anilines is 6. The molecule has 17 heteroatoms. The number of halogens is 1. The van der Waals surface area contributed by atoms with E-state index in [-0.39, 0.29) is 11.4 Å². The number of benzene rings is 2. The van der Waals surface area contributed by atoms with Gasteiger partial charge in [0.05, 0.1) is 38.8 Å². The molecule has 16 nitrogen and oxygen atoms in total. The van der Waals surface area contributed by atoms with E-state index in [1.54, 1.807) is 30.9 Å². The van der Waals surface area contributed by atoms with Gasteiger partial charge in [-0.1, -0.05) is 12.1 Å². The zero-order chi connectivity index (χ0) is 35.7. The van der Waals surface area contributed by atoms with Gasteiger partial charge in [0.1, 0.15) is 11.6 Å². The van der Waals surface area contributed by atoms with Crippen LogP contribution in [0, 0.1) is 0 Å². The number of nitrogens with zero attached hydrogens (tertiary/aromatic N) is 6. The molecule has 0 saturated heterocycles. The van der Waals surface area contributed by atoms with Crippen LogP contribution in [0.25, 0.3) is 22.1 Å². The number of nitrogens with one attached hydrogen (secondary N) is 8. The Bertz CT molecular complexity index is 2530. The predicted molar refractivity (Wildman–Crippen MR) is 204 cm³/mol. The van der Waals surface area contributed by atoms with Gasteiger partial charge in [-0.25, -0.2) is 19.6 Å². The molecule has 52 heavy (non-hydrogen) atoms. The summed E-state index contributed by atoms with van der Waals surface area (Å²) in [5.41, 5.74) is 5.98. The molecule has 2 aromatic carbocycles. The van der Waals surface area contributed by atoms with Gasteiger partial charge in [0.2, 0.25) is 11.9 Å². The molecule has 8 rings (SSSR count). The summed E-state index contributed by atoms with van der Waals surface area (Å²) in [5.74, 6) is 2.30. The molecule has 0 aliphatic rings. The van der Waals surface area contributed by atoms with E-state index >= 15 is 0 Å². The van der Waals surface area contributed by atoms with Crippen molar-refractivity contribution in [1.29, 1.82) is 0 Å². The van der Waals surface area contributed by atoms with Crippen LogP contribution in [0.5, 0.6) is 0 Å². The number of aromatic nitrogens is 10. The number of rotatable bonds is 11. The maximum Gasteiger partial charge on any atom is 0.323 e. The van der Waals surface area contributed by atoms with Crippen LogP contribution in [0.15, 0.2) is 118 Å². The maximum atomic E-state index is 11.4. The maximum absolute atomic E-state index is 11.4. The van der Waals surface area contributed by atoms with Gasteiger partial charge in [0.25, 0.3) is 0 Å². The summed E-state index contributed by atoms with van der Waals surface area (Å²) < 4.78 is 0.777. The van der Waals surface area contributed by atoms with Crippen LogP contribution >= 0.6 is 15.9 Å². The minimum atomic E-state index is -0.235. The van der Waals surface area contributed by atoms with Gasteiger partial charge in [0.15, 0.2) is 0 Å². The first kappa shape index (κ1) is 33.6. The zero-order valence-electron chi connectivity index (χ0n) is 27.3. The molecule has 0 aliphatic heterocycles. The molecule has 0 saturated carbocycles. The van der Waals surface area contributed by atoms with Crippen LogP contribution in [0.4, 0.5) is 34.9 Å². The number of fused-ring (bicyclic) bond motifs is 2. The summed E-state index contributed by atoms with van der Waals surface area (Å²) in [6.45, 7) is 1.27. The van der Waals surface area contributed by atoms with Gasteiger partial charge in [-0.05, 0) is 82.7 Å². The quantitative estimate of drug-likeness (QED) is 0.0808. The highest BCUT2D eigenvalue weighted by molar-refractivity contribution is 9.10. The third-order valence-corrected chi connectivity index (χ3v) is 8.10. The zero-order valence-corrected chi connectivity index (χ0v) is 28.9. The van der Waals surface area contributed by atoms with Crippen LogP contribution in [-0.2, 0) is 13.0 Å². The monoisotopic (exact) mass is 758 g/mol. The van der Waals surface area contributed by atoms with Crippen molar-refractivity contribution < 1.29 is 0 Å². The van der Waals surface area contributed by atoms with E-state index in [1.807, 2.05) is 72.8 Å². The predicted octanol–water partition coefficient (Wildman–Crippen LogP) is 5.60. The van der Waals surface area contributed by atoms with E-state index in [0.717, 1.165) is 55.7 Å². The van der Waals surface area contributed by atoms with Crippen molar-refractivity contribution in [2.75, 3.05) is 27.8 Å². The standard InChI is InChI=1S/C18H16BrN7O.C17H15N7O/c19-13-10-22-17(23-12-4-5-14-15(9-12)25-18(27)24-14)26-16(13)21-8-6-11-3-1-2-7-20-11;25-17-22-13-5-4-11(9-14(13)23-17)21-16-19-8-6-15(24-16)20-10-12-3-1-2-7-18-12/h1-5,7,9-10H,6,8H2,(H2,24,25,27)(H2,21,22,23,26);1-9H,10H2,(H2,22,23,25)(H2,19,20,21,24). The summed E-state index contributed by atoms with van der Waals surface area (Å²) in [6, 6.07) is 24.4. The van der Waals surface area contributed by atoms with E-state index < -0.39 is 0 Å². The lowest BCUT2D eigenvalue weighted by Gasteiger charge is -2.10. The molecule has 0 atom stereocenters. The number of imidazole rings is 2. The highest BCUT2D eigenvalue weighted by Gasteiger charge is 2.08. The number of H-pyrrole nitrogens is 4. The molecule has 6 aromatic heterocycles. The molecule has 0 bridgehead atoms. The average Bonchev–Trinajstić information content (AvgIpc) is 3.73. The first-order valence-corrected chi connectivity index (χ1v) is 16.8. The van der Waals surface area contributed by atoms with E-state index in [4.69, 9.17) is 0 Å². The van der Waals surface area contributed by atoms with E-state index in [0.29, 0.717) is 36.6 Å².